The van der Waals surface area contributed by atoms with Gasteiger partial charge in [-0.1, -0.05) is 6.07 Å². The maximum Gasteiger partial charge on any atom is 0.490 e. The molecule has 0 atom stereocenters. The van der Waals surface area contributed by atoms with Crippen LogP contribution in [-0.2, 0) is 9.59 Å². The van der Waals surface area contributed by atoms with E-state index in [2.05, 4.69) is 9.88 Å². The summed E-state index contributed by atoms with van der Waals surface area (Å²) in [5, 5.41) is 15.8. The molecule has 0 bridgehead atoms. The number of rotatable bonds is 3. The number of nitrogens with zero attached hydrogens (tertiary/aromatic N) is 2. The number of anilines is 1. The van der Waals surface area contributed by atoms with E-state index in [4.69, 9.17) is 15.0 Å². The summed E-state index contributed by atoms with van der Waals surface area (Å²) in [4.78, 5) is 26.0. The molecule has 0 spiro atoms. The highest BCUT2D eigenvalue weighted by atomic mass is 19.4. The fourth-order valence-corrected chi connectivity index (χ4v) is 2.15. The van der Waals surface area contributed by atoms with Crippen LogP contribution in [0.25, 0.3) is 0 Å². The number of pyridine rings is 1. The van der Waals surface area contributed by atoms with Crippen LogP contribution in [0.4, 0.5) is 19.0 Å². The lowest BCUT2D eigenvalue weighted by atomic mass is 9.94. The van der Waals surface area contributed by atoms with E-state index in [-0.39, 0.29) is 0 Å². The van der Waals surface area contributed by atoms with Gasteiger partial charge in [0.1, 0.15) is 5.82 Å². The van der Waals surface area contributed by atoms with Crippen LogP contribution < -0.4 is 4.90 Å². The van der Waals surface area contributed by atoms with Crippen LogP contribution in [0.2, 0.25) is 0 Å². The van der Waals surface area contributed by atoms with Gasteiger partial charge >= 0.3 is 18.1 Å². The summed E-state index contributed by atoms with van der Waals surface area (Å²) in [6, 6.07) is 5.88. The van der Waals surface area contributed by atoms with Crippen molar-refractivity contribution in [1.29, 1.82) is 0 Å². The number of halogens is 3. The molecule has 1 aliphatic heterocycles. The number of aliphatic carboxylic acids is 2. The second-order valence-electron chi connectivity index (χ2n) is 5.02. The number of carboxylic acids is 2. The van der Waals surface area contributed by atoms with Crippen molar-refractivity contribution >= 4 is 17.8 Å². The Kier molecular flexibility index (Phi) is 6.80. The molecule has 128 valence electrons. The van der Waals surface area contributed by atoms with Gasteiger partial charge in [-0.15, -0.1) is 0 Å². The zero-order chi connectivity index (χ0) is 17.5. The number of carbonyl (C=O) groups is 2. The monoisotopic (exact) mass is 334 g/mol. The van der Waals surface area contributed by atoms with E-state index in [9.17, 15) is 18.0 Å². The van der Waals surface area contributed by atoms with E-state index in [1.807, 2.05) is 18.2 Å². The number of aromatic nitrogens is 1. The van der Waals surface area contributed by atoms with E-state index in [0.29, 0.717) is 12.3 Å². The number of piperidine rings is 1. The van der Waals surface area contributed by atoms with Crippen molar-refractivity contribution in [3.05, 3.63) is 24.4 Å². The first-order valence-corrected chi connectivity index (χ1v) is 6.88. The number of hydrogen-bond donors (Lipinski definition) is 2. The Hall–Kier alpha value is -2.32. The predicted molar refractivity (Wildman–Crippen MR) is 75.1 cm³/mol. The van der Waals surface area contributed by atoms with Crippen molar-refractivity contribution in [3.63, 3.8) is 0 Å². The molecule has 23 heavy (non-hydrogen) atoms. The van der Waals surface area contributed by atoms with Crippen LogP contribution in [0, 0.1) is 5.92 Å². The Morgan fingerprint density at radius 2 is 1.78 bits per heavy atom. The Morgan fingerprint density at radius 3 is 2.17 bits per heavy atom. The van der Waals surface area contributed by atoms with Crippen molar-refractivity contribution in [2.45, 2.75) is 25.4 Å². The lowest BCUT2D eigenvalue weighted by molar-refractivity contribution is -0.192. The molecule has 9 heteroatoms. The van der Waals surface area contributed by atoms with Crippen LogP contribution in [0.5, 0.6) is 0 Å². The largest absolute Gasteiger partial charge is 0.490 e. The summed E-state index contributed by atoms with van der Waals surface area (Å²) in [6.45, 7) is 1.82. The molecule has 0 aromatic carbocycles. The summed E-state index contributed by atoms with van der Waals surface area (Å²) >= 11 is 0. The zero-order valence-electron chi connectivity index (χ0n) is 12.2. The summed E-state index contributed by atoms with van der Waals surface area (Å²) in [5.41, 5.74) is 0. The topological polar surface area (TPSA) is 90.7 Å². The summed E-state index contributed by atoms with van der Waals surface area (Å²) in [5.74, 6) is -2.11. The van der Waals surface area contributed by atoms with E-state index in [1.54, 1.807) is 6.20 Å². The van der Waals surface area contributed by atoms with E-state index in [1.165, 1.54) is 0 Å². The van der Waals surface area contributed by atoms with Gasteiger partial charge in [0.05, 0.1) is 0 Å². The van der Waals surface area contributed by atoms with Gasteiger partial charge in [0.15, 0.2) is 0 Å². The lowest BCUT2D eigenvalue weighted by Gasteiger charge is -2.32. The first-order valence-electron chi connectivity index (χ1n) is 6.88. The van der Waals surface area contributed by atoms with E-state index < -0.39 is 18.1 Å². The second-order valence-corrected chi connectivity index (χ2v) is 5.02. The third kappa shape index (κ3) is 6.98. The Morgan fingerprint density at radius 1 is 1.22 bits per heavy atom. The molecule has 6 nitrogen and oxygen atoms in total. The molecule has 0 amide bonds. The smallest absolute Gasteiger partial charge is 0.481 e. The highest BCUT2D eigenvalue weighted by Gasteiger charge is 2.38. The van der Waals surface area contributed by atoms with Crippen LogP contribution in [0.1, 0.15) is 19.3 Å². The second kappa shape index (κ2) is 8.35. The van der Waals surface area contributed by atoms with E-state index in [0.717, 1.165) is 31.7 Å². The highest BCUT2D eigenvalue weighted by molar-refractivity contribution is 5.73. The average Bonchev–Trinajstić information content (AvgIpc) is 2.48. The third-order valence-electron chi connectivity index (χ3n) is 3.29. The standard InChI is InChI=1S/C12H16N2O2.C2HF3O2/c15-12(16)9-10-4-7-14(8-5-10)11-3-1-2-6-13-11;3-2(4,5)1(6)7/h1-3,6,10H,4-5,7-9H2,(H,15,16);(H,6,7). The maximum absolute atomic E-state index is 10.6. The Labute approximate surface area is 130 Å². The summed E-state index contributed by atoms with van der Waals surface area (Å²) in [7, 11) is 0. The minimum Gasteiger partial charge on any atom is -0.481 e. The molecule has 0 unspecified atom stereocenters. The molecule has 1 aromatic heterocycles. The van der Waals surface area contributed by atoms with Crippen LogP contribution in [-0.4, -0.2) is 46.4 Å². The fourth-order valence-electron chi connectivity index (χ4n) is 2.15. The molecular formula is C14H17F3N2O4. The van der Waals surface area contributed by atoms with Gasteiger partial charge in [0.2, 0.25) is 0 Å². The average molecular weight is 334 g/mol. The van der Waals surface area contributed by atoms with Crippen LogP contribution >= 0.6 is 0 Å². The molecular weight excluding hydrogens is 317 g/mol. The number of alkyl halides is 3. The van der Waals surface area contributed by atoms with Gasteiger partial charge in [-0.05, 0) is 30.9 Å². The van der Waals surface area contributed by atoms with Crippen molar-refractivity contribution in [1.82, 2.24) is 4.98 Å². The van der Waals surface area contributed by atoms with Crippen molar-refractivity contribution in [2.24, 2.45) is 5.92 Å². The molecule has 0 saturated carbocycles. The zero-order valence-corrected chi connectivity index (χ0v) is 12.2. The third-order valence-corrected chi connectivity index (χ3v) is 3.29. The van der Waals surface area contributed by atoms with Gasteiger partial charge in [-0.2, -0.15) is 13.2 Å². The number of carboxylic acid groups (broad SMARTS) is 2. The molecule has 0 aliphatic carbocycles. The molecule has 1 fully saturated rings. The first-order chi connectivity index (χ1) is 10.7. The van der Waals surface area contributed by atoms with Gasteiger partial charge in [0.25, 0.3) is 0 Å². The van der Waals surface area contributed by atoms with Crippen LogP contribution in [0.15, 0.2) is 24.4 Å². The SMILES string of the molecule is O=C(O)C(F)(F)F.O=C(O)CC1CCN(c2ccccn2)CC1. The lowest BCUT2D eigenvalue weighted by Crippen LogP contribution is -2.34. The molecule has 2 N–H and O–H groups in total. The molecule has 1 aliphatic rings. The molecule has 1 saturated heterocycles. The first kappa shape index (κ1) is 18.7. The molecule has 0 radical (unpaired) electrons. The quantitative estimate of drug-likeness (QED) is 0.882. The van der Waals surface area contributed by atoms with Crippen molar-refractivity contribution < 1.29 is 33.0 Å². The minimum absolute atomic E-state index is 0.302. The van der Waals surface area contributed by atoms with Crippen molar-refractivity contribution in [3.8, 4) is 0 Å². The maximum atomic E-state index is 10.6. The normalized spacial score (nSPS) is 15.5. The predicted octanol–water partition coefficient (Wildman–Crippen LogP) is 2.41. The molecule has 1 aromatic rings. The fraction of sp³-hybridized carbons (Fsp3) is 0.500. The minimum atomic E-state index is -5.08. The van der Waals surface area contributed by atoms with Gasteiger partial charge in [-0.3, -0.25) is 4.79 Å². The van der Waals surface area contributed by atoms with Gasteiger partial charge in [-0.25, -0.2) is 9.78 Å². The Bertz CT molecular complexity index is 515. The van der Waals surface area contributed by atoms with Gasteiger partial charge < -0.3 is 15.1 Å². The van der Waals surface area contributed by atoms with E-state index >= 15 is 0 Å². The summed E-state index contributed by atoms with van der Waals surface area (Å²) < 4.78 is 31.7. The molecule has 2 heterocycles. The van der Waals surface area contributed by atoms with Gasteiger partial charge in [0, 0.05) is 25.7 Å². The van der Waals surface area contributed by atoms with Crippen molar-refractivity contribution in [2.75, 3.05) is 18.0 Å². The number of hydrogen-bond acceptors (Lipinski definition) is 4. The Balaban J connectivity index is 0.000000322. The summed E-state index contributed by atoms with van der Waals surface area (Å²) in [6.07, 6.45) is -1.10. The highest BCUT2D eigenvalue weighted by Crippen LogP contribution is 2.23. The molecule has 2 rings (SSSR count). The van der Waals surface area contributed by atoms with Crippen LogP contribution in [0.3, 0.4) is 0 Å².